The van der Waals surface area contributed by atoms with Crippen LogP contribution < -0.4 is 15.0 Å². The van der Waals surface area contributed by atoms with Gasteiger partial charge in [-0.1, -0.05) is 24.0 Å². The van der Waals surface area contributed by atoms with Crippen molar-refractivity contribution >= 4 is 22.5 Å². The minimum atomic E-state index is -0.144. The summed E-state index contributed by atoms with van der Waals surface area (Å²) in [5.41, 5.74) is 2.48. The fourth-order valence-electron chi connectivity index (χ4n) is 2.52. The Morgan fingerprint density at radius 3 is 2.85 bits per heavy atom. The van der Waals surface area contributed by atoms with Crippen molar-refractivity contribution in [1.29, 1.82) is 0 Å². The molecule has 0 radical (unpaired) electrons. The quantitative estimate of drug-likeness (QED) is 0.711. The number of hydrogen-bond acceptors (Lipinski definition) is 4. The third-order valence-corrected chi connectivity index (χ3v) is 3.98. The largest absolute Gasteiger partial charge is 0.481 e. The van der Waals surface area contributed by atoms with Crippen LogP contribution in [-0.2, 0) is 0 Å². The number of rotatable bonds is 5. The molecular formula is C22H21N3O2. The molecule has 3 rings (SSSR count). The van der Waals surface area contributed by atoms with Gasteiger partial charge in [-0.3, -0.25) is 9.78 Å². The van der Waals surface area contributed by atoms with E-state index >= 15 is 0 Å². The molecule has 0 aliphatic carbocycles. The number of benzene rings is 2. The van der Waals surface area contributed by atoms with Crippen molar-refractivity contribution in [2.45, 2.75) is 0 Å². The van der Waals surface area contributed by atoms with Gasteiger partial charge in [0.15, 0.2) is 0 Å². The van der Waals surface area contributed by atoms with E-state index in [-0.39, 0.29) is 19.1 Å². The maximum Gasteiger partial charge on any atom is 0.252 e. The van der Waals surface area contributed by atoms with E-state index in [0.29, 0.717) is 5.56 Å². The smallest absolute Gasteiger partial charge is 0.252 e. The van der Waals surface area contributed by atoms with Gasteiger partial charge in [-0.05, 0) is 36.4 Å². The number of ether oxygens (including phenoxy) is 1. The second-order valence-corrected chi connectivity index (χ2v) is 6.13. The molecule has 1 amide bonds. The summed E-state index contributed by atoms with van der Waals surface area (Å²) in [6, 6.07) is 17.1. The van der Waals surface area contributed by atoms with Crippen LogP contribution in [0.3, 0.4) is 0 Å². The highest BCUT2D eigenvalue weighted by Gasteiger charge is 2.05. The molecule has 0 atom stereocenters. The van der Waals surface area contributed by atoms with E-state index in [9.17, 15) is 4.79 Å². The van der Waals surface area contributed by atoms with Gasteiger partial charge < -0.3 is 15.0 Å². The Morgan fingerprint density at radius 1 is 1.11 bits per heavy atom. The van der Waals surface area contributed by atoms with E-state index in [1.807, 2.05) is 67.5 Å². The molecule has 1 aromatic heterocycles. The molecule has 5 heteroatoms. The van der Waals surface area contributed by atoms with Crippen molar-refractivity contribution in [2.75, 3.05) is 32.1 Å². The molecule has 3 aromatic rings. The number of amides is 1. The molecule has 0 fully saturated rings. The molecule has 0 spiro atoms. The first-order chi connectivity index (χ1) is 13.1. The Kier molecular flexibility index (Phi) is 5.91. The fourth-order valence-corrected chi connectivity index (χ4v) is 2.52. The third-order valence-electron chi connectivity index (χ3n) is 3.98. The van der Waals surface area contributed by atoms with Gasteiger partial charge in [0.1, 0.15) is 12.4 Å². The zero-order valence-corrected chi connectivity index (χ0v) is 15.4. The van der Waals surface area contributed by atoms with Crippen LogP contribution in [0.1, 0.15) is 10.4 Å². The van der Waals surface area contributed by atoms with Crippen molar-refractivity contribution in [1.82, 2.24) is 10.3 Å². The highest BCUT2D eigenvalue weighted by atomic mass is 16.5. The van der Waals surface area contributed by atoms with Crippen LogP contribution >= 0.6 is 0 Å². The van der Waals surface area contributed by atoms with Crippen LogP contribution in [0.15, 0.2) is 60.8 Å². The molecular weight excluding hydrogens is 338 g/mol. The predicted octanol–water partition coefficient (Wildman–Crippen LogP) is 3.11. The predicted molar refractivity (Wildman–Crippen MR) is 108 cm³/mol. The molecule has 136 valence electrons. The Balaban J connectivity index is 1.47. The summed E-state index contributed by atoms with van der Waals surface area (Å²) >= 11 is 0. The van der Waals surface area contributed by atoms with Crippen molar-refractivity contribution in [3.8, 4) is 17.6 Å². The third kappa shape index (κ3) is 4.99. The Labute approximate surface area is 159 Å². The van der Waals surface area contributed by atoms with E-state index in [4.69, 9.17) is 4.74 Å². The zero-order chi connectivity index (χ0) is 19.1. The average molecular weight is 359 g/mol. The lowest BCUT2D eigenvalue weighted by Crippen LogP contribution is -2.24. The summed E-state index contributed by atoms with van der Waals surface area (Å²) in [5, 5.41) is 3.86. The van der Waals surface area contributed by atoms with Crippen LogP contribution in [-0.4, -0.2) is 38.1 Å². The van der Waals surface area contributed by atoms with Gasteiger partial charge in [-0.2, -0.15) is 0 Å². The molecule has 0 unspecified atom stereocenters. The molecule has 0 aliphatic heterocycles. The Bertz CT molecular complexity index is 1000. The fraction of sp³-hybridized carbons (Fsp3) is 0.182. The number of hydrogen-bond donors (Lipinski definition) is 1. The number of fused-ring (bicyclic) bond motifs is 1. The van der Waals surface area contributed by atoms with E-state index in [1.54, 1.807) is 12.3 Å². The minimum absolute atomic E-state index is 0.144. The van der Waals surface area contributed by atoms with E-state index in [1.165, 1.54) is 0 Å². The van der Waals surface area contributed by atoms with Crippen molar-refractivity contribution in [2.24, 2.45) is 0 Å². The number of carbonyl (C=O) groups is 1. The second-order valence-electron chi connectivity index (χ2n) is 6.13. The Morgan fingerprint density at radius 2 is 2.00 bits per heavy atom. The normalized spacial score (nSPS) is 10.0. The Hall–Kier alpha value is -3.52. The molecule has 2 aromatic carbocycles. The lowest BCUT2D eigenvalue weighted by atomic mass is 10.2. The zero-order valence-electron chi connectivity index (χ0n) is 15.4. The van der Waals surface area contributed by atoms with Crippen LogP contribution in [0.5, 0.6) is 5.75 Å². The summed E-state index contributed by atoms with van der Waals surface area (Å²) in [7, 11) is 3.88. The molecule has 0 saturated carbocycles. The molecule has 5 nitrogen and oxygen atoms in total. The van der Waals surface area contributed by atoms with Crippen LogP contribution in [0.4, 0.5) is 5.69 Å². The number of anilines is 1. The first-order valence-corrected chi connectivity index (χ1v) is 8.62. The monoisotopic (exact) mass is 359 g/mol. The van der Waals surface area contributed by atoms with E-state index < -0.39 is 0 Å². The summed E-state index contributed by atoms with van der Waals surface area (Å²) in [4.78, 5) is 18.4. The topological polar surface area (TPSA) is 54.5 Å². The molecule has 0 bridgehead atoms. The van der Waals surface area contributed by atoms with E-state index in [2.05, 4.69) is 22.1 Å². The van der Waals surface area contributed by atoms with Crippen LogP contribution in [0, 0.1) is 11.8 Å². The standard InChI is InChI=1S/C22H21N3O2/c1-25(2)19-9-5-7-18(15-19)22(26)24-12-3-4-14-27-20-11-10-17-8-6-13-23-21(17)16-20/h5-11,13,15-16H,12,14H2,1-2H3,(H,24,26). The number of nitrogens with one attached hydrogen (secondary N) is 1. The van der Waals surface area contributed by atoms with Gasteiger partial charge in [0.25, 0.3) is 5.91 Å². The first kappa shape index (κ1) is 18.3. The molecule has 27 heavy (non-hydrogen) atoms. The van der Waals surface area contributed by atoms with Gasteiger partial charge in [0.2, 0.25) is 0 Å². The van der Waals surface area contributed by atoms with Crippen LogP contribution in [0.2, 0.25) is 0 Å². The number of aromatic nitrogens is 1. The summed E-state index contributed by atoms with van der Waals surface area (Å²) in [6.07, 6.45) is 1.75. The highest BCUT2D eigenvalue weighted by Crippen LogP contribution is 2.18. The SMILES string of the molecule is CN(C)c1cccc(C(=O)NCC#CCOc2ccc3cccnc3c2)c1. The molecule has 0 saturated heterocycles. The number of carbonyl (C=O) groups excluding carboxylic acids is 1. The molecule has 0 aliphatic rings. The van der Waals surface area contributed by atoms with Gasteiger partial charge in [-0.25, -0.2) is 0 Å². The highest BCUT2D eigenvalue weighted by molar-refractivity contribution is 5.95. The van der Waals surface area contributed by atoms with Crippen LogP contribution in [0.25, 0.3) is 10.9 Å². The number of nitrogens with zero attached hydrogens (tertiary/aromatic N) is 2. The second kappa shape index (κ2) is 8.72. The average Bonchev–Trinajstić information content (AvgIpc) is 2.70. The summed E-state index contributed by atoms with van der Waals surface area (Å²) in [6.45, 7) is 0.526. The molecule has 1 heterocycles. The summed E-state index contributed by atoms with van der Waals surface area (Å²) in [5.74, 6) is 6.38. The van der Waals surface area contributed by atoms with Gasteiger partial charge >= 0.3 is 0 Å². The van der Waals surface area contributed by atoms with Gasteiger partial charge in [0.05, 0.1) is 12.1 Å². The lowest BCUT2D eigenvalue weighted by Gasteiger charge is -2.13. The summed E-state index contributed by atoms with van der Waals surface area (Å²) < 4.78 is 5.62. The first-order valence-electron chi connectivity index (χ1n) is 8.62. The maximum atomic E-state index is 12.2. The van der Waals surface area contributed by atoms with E-state index in [0.717, 1.165) is 22.3 Å². The molecule has 1 N–H and O–H groups in total. The maximum absolute atomic E-state index is 12.2. The van der Waals surface area contributed by atoms with Gasteiger partial charge in [-0.15, -0.1) is 0 Å². The number of pyridine rings is 1. The van der Waals surface area contributed by atoms with Crippen molar-refractivity contribution in [3.63, 3.8) is 0 Å². The minimum Gasteiger partial charge on any atom is -0.481 e. The van der Waals surface area contributed by atoms with Crippen molar-refractivity contribution < 1.29 is 9.53 Å². The van der Waals surface area contributed by atoms with Gasteiger partial charge in [0, 0.05) is 43.0 Å². The lowest BCUT2D eigenvalue weighted by molar-refractivity contribution is 0.0958. The van der Waals surface area contributed by atoms with Crippen molar-refractivity contribution in [3.05, 3.63) is 66.4 Å².